The summed E-state index contributed by atoms with van der Waals surface area (Å²) in [5.74, 6) is 1.23. The van der Waals surface area contributed by atoms with E-state index in [9.17, 15) is 4.79 Å². The van der Waals surface area contributed by atoms with Crippen molar-refractivity contribution < 1.29 is 14.3 Å². The van der Waals surface area contributed by atoms with Crippen molar-refractivity contribution in [3.05, 3.63) is 18.2 Å². The molecule has 1 aromatic rings. The molecule has 0 bridgehead atoms. The molecule has 0 heterocycles. The molecule has 1 amide bonds. The molecular weight excluding hydrogens is 280 g/mol. The molecule has 1 aliphatic rings. The molecule has 112 valence electrons. The highest BCUT2D eigenvalue weighted by Gasteiger charge is 2.26. The zero-order valence-corrected chi connectivity index (χ0v) is 12.8. The van der Waals surface area contributed by atoms with Gasteiger partial charge in [0.05, 0.1) is 25.9 Å². The van der Waals surface area contributed by atoms with Crippen molar-refractivity contribution in [3.8, 4) is 11.5 Å². The lowest BCUT2D eigenvalue weighted by molar-refractivity contribution is -0.117. The first-order valence-corrected chi connectivity index (χ1v) is 6.43. The molecule has 0 aromatic heterocycles. The molecule has 1 aromatic carbocycles. The SMILES string of the molecule is COc1ccc(OC)c(NC(=O)C(C)NC2CC2)c1.Cl. The summed E-state index contributed by atoms with van der Waals surface area (Å²) in [4.78, 5) is 12.1. The molecule has 1 saturated carbocycles. The molecule has 1 aliphatic carbocycles. The summed E-state index contributed by atoms with van der Waals surface area (Å²) >= 11 is 0. The second kappa shape index (κ2) is 7.36. The third-order valence-electron chi connectivity index (χ3n) is 3.12. The van der Waals surface area contributed by atoms with Crippen LogP contribution in [0.2, 0.25) is 0 Å². The van der Waals surface area contributed by atoms with Crippen molar-refractivity contribution >= 4 is 24.0 Å². The van der Waals surface area contributed by atoms with Crippen molar-refractivity contribution in [2.45, 2.75) is 31.8 Å². The molecule has 1 unspecified atom stereocenters. The number of nitrogens with one attached hydrogen (secondary N) is 2. The molecule has 0 aliphatic heterocycles. The second-order valence-corrected chi connectivity index (χ2v) is 4.72. The average Bonchev–Trinajstić information content (AvgIpc) is 3.22. The van der Waals surface area contributed by atoms with E-state index >= 15 is 0 Å². The van der Waals surface area contributed by atoms with E-state index in [-0.39, 0.29) is 24.4 Å². The summed E-state index contributed by atoms with van der Waals surface area (Å²) in [6.45, 7) is 1.86. The number of hydrogen-bond acceptors (Lipinski definition) is 4. The minimum Gasteiger partial charge on any atom is -0.497 e. The summed E-state index contributed by atoms with van der Waals surface area (Å²) in [6.07, 6.45) is 2.31. The fraction of sp³-hybridized carbons (Fsp3) is 0.500. The predicted molar refractivity (Wildman–Crippen MR) is 81.0 cm³/mol. The van der Waals surface area contributed by atoms with Crippen LogP contribution in [0.5, 0.6) is 11.5 Å². The van der Waals surface area contributed by atoms with Crippen LogP contribution in [0.1, 0.15) is 19.8 Å². The average molecular weight is 301 g/mol. The lowest BCUT2D eigenvalue weighted by Crippen LogP contribution is -2.39. The third-order valence-corrected chi connectivity index (χ3v) is 3.12. The van der Waals surface area contributed by atoms with E-state index in [0.717, 1.165) is 12.8 Å². The minimum atomic E-state index is -0.219. The predicted octanol–water partition coefficient (Wildman–Crippen LogP) is 2.20. The number of rotatable bonds is 6. The highest BCUT2D eigenvalue weighted by atomic mass is 35.5. The van der Waals surface area contributed by atoms with Gasteiger partial charge in [0, 0.05) is 12.1 Å². The zero-order valence-electron chi connectivity index (χ0n) is 11.9. The van der Waals surface area contributed by atoms with Crippen LogP contribution < -0.4 is 20.1 Å². The topological polar surface area (TPSA) is 59.6 Å². The summed E-state index contributed by atoms with van der Waals surface area (Å²) in [6, 6.07) is 5.59. The summed E-state index contributed by atoms with van der Waals surface area (Å²) in [5.41, 5.74) is 0.622. The van der Waals surface area contributed by atoms with Gasteiger partial charge in [-0.15, -0.1) is 12.4 Å². The normalized spacial score (nSPS) is 14.9. The fourth-order valence-corrected chi connectivity index (χ4v) is 1.83. The standard InChI is InChI=1S/C14H20N2O3.ClH/c1-9(15-10-4-5-10)14(17)16-12-8-11(18-2)6-7-13(12)19-3;/h6-10,15H,4-5H2,1-3H3,(H,16,17);1H. The van der Waals surface area contributed by atoms with Gasteiger partial charge < -0.3 is 20.1 Å². The Morgan fingerprint density at radius 3 is 2.55 bits per heavy atom. The van der Waals surface area contributed by atoms with Gasteiger partial charge in [0.15, 0.2) is 0 Å². The Morgan fingerprint density at radius 1 is 1.30 bits per heavy atom. The molecule has 2 rings (SSSR count). The van der Waals surface area contributed by atoms with Crippen LogP contribution in [-0.4, -0.2) is 32.2 Å². The van der Waals surface area contributed by atoms with Crippen molar-refractivity contribution in [1.29, 1.82) is 0 Å². The molecular formula is C14H21ClN2O3. The van der Waals surface area contributed by atoms with E-state index in [1.165, 1.54) is 0 Å². The lowest BCUT2D eigenvalue weighted by Gasteiger charge is -2.16. The maximum atomic E-state index is 12.1. The van der Waals surface area contributed by atoms with Gasteiger partial charge in [0.25, 0.3) is 0 Å². The highest BCUT2D eigenvalue weighted by Crippen LogP contribution is 2.29. The smallest absolute Gasteiger partial charge is 0.241 e. The van der Waals surface area contributed by atoms with Crippen molar-refractivity contribution in [1.82, 2.24) is 5.32 Å². The second-order valence-electron chi connectivity index (χ2n) is 4.72. The Hall–Kier alpha value is -1.46. The van der Waals surface area contributed by atoms with Gasteiger partial charge in [0.1, 0.15) is 11.5 Å². The number of halogens is 1. The first-order chi connectivity index (χ1) is 9.13. The van der Waals surface area contributed by atoms with Crippen LogP contribution in [0.4, 0.5) is 5.69 Å². The maximum Gasteiger partial charge on any atom is 0.241 e. The van der Waals surface area contributed by atoms with Crippen molar-refractivity contribution in [2.75, 3.05) is 19.5 Å². The number of carbonyl (C=O) groups excluding carboxylic acids is 1. The van der Waals surface area contributed by atoms with Gasteiger partial charge in [-0.1, -0.05) is 0 Å². The minimum absolute atomic E-state index is 0. The Morgan fingerprint density at radius 2 is 2.00 bits per heavy atom. The lowest BCUT2D eigenvalue weighted by atomic mass is 10.2. The Balaban J connectivity index is 0.00000200. The summed E-state index contributed by atoms with van der Waals surface area (Å²) in [7, 11) is 3.16. The van der Waals surface area contributed by atoms with Gasteiger partial charge in [-0.25, -0.2) is 0 Å². The van der Waals surface area contributed by atoms with Crippen LogP contribution in [0, 0.1) is 0 Å². The van der Waals surface area contributed by atoms with Gasteiger partial charge >= 0.3 is 0 Å². The molecule has 0 spiro atoms. The molecule has 6 heteroatoms. The van der Waals surface area contributed by atoms with Crippen molar-refractivity contribution in [2.24, 2.45) is 0 Å². The monoisotopic (exact) mass is 300 g/mol. The molecule has 1 fully saturated rings. The molecule has 5 nitrogen and oxygen atoms in total. The van der Waals surface area contributed by atoms with Gasteiger partial charge in [0.2, 0.25) is 5.91 Å². The zero-order chi connectivity index (χ0) is 13.8. The van der Waals surface area contributed by atoms with E-state index in [0.29, 0.717) is 23.2 Å². The molecule has 20 heavy (non-hydrogen) atoms. The quantitative estimate of drug-likeness (QED) is 0.845. The van der Waals surface area contributed by atoms with Crippen LogP contribution >= 0.6 is 12.4 Å². The maximum absolute atomic E-state index is 12.1. The number of amides is 1. The molecule has 1 atom stereocenters. The number of anilines is 1. The summed E-state index contributed by atoms with van der Waals surface area (Å²) in [5, 5.41) is 6.12. The van der Waals surface area contributed by atoms with Gasteiger partial charge in [-0.3, -0.25) is 4.79 Å². The number of ether oxygens (including phenoxy) is 2. The van der Waals surface area contributed by atoms with E-state index in [4.69, 9.17) is 9.47 Å². The van der Waals surface area contributed by atoms with Crippen LogP contribution in [0.3, 0.4) is 0 Å². The largest absolute Gasteiger partial charge is 0.497 e. The first-order valence-electron chi connectivity index (χ1n) is 6.43. The van der Waals surface area contributed by atoms with Gasteiger partial charge in [-0.05, 0) is 31.9 Å². The fourth-order valence-electron chi connectivity index (χ4n) is 1.83. The van der Waals surface area contributed by atoms with Crippen LogP contribution in [0.15, 0.2) is 18.2 Å². The molecule has 0 radical (unpaired) electrons. The first kappa shape index (κ1) is 16.6. The van der Waals surface area contributed by atoms with E-state index in [1.54, 1.807) is 32.4 Å². The molecule has 0 saturated heterocycles. The van der Waals surface area contributed by atoms with Gasteiger partial charge in [-0.2, -0.15) is 0 Å². The summed E-state index contributed by atoms with van der Waals surface area (Å²) < 4.78 is 10.4. The van der Waals surface area contributed by atoms with Crippen LogP contribution in [0.25, 0.3) is 0 Å². The number of carbonyl (C=O) groups is 1. The Bertz CT molecular complexity index is 464. The number of benzene rings is 1. The Labute approximate surface area is 125 Å². The van der Waals surface area contributed by atoms with E-state index in [2.05, 4.69) is 10.6 Å². The Kier molecular flexibility index (Phi) is 6.10. The van der Waals surface area contributed by atoms with E-state index in [1.807, 2.05) is 6.92 Å². The highest BCUT2D eigenvalue weighted by molar-refractivity contribution is 5.96. The number of hydrogen-bond donors (Lipinski definition) is 2. The number of methoxy groups -OCH3 is 2. The van der Waals surface area contributed by atoms with Crippen LogP contribution in [-0.2, 0) is 4.79 Å². The van der Waals surface area contributed by atoms with E-state index < -0.39 is 0 Å². The third kappa shape index (κ3) is 4.28. The van der Waals surface area contributed by atoms with Crippen molar-refractivity contribution in [3.63, 3.8) is 0 Å². The molecule has 2 N–H and O–H groups in total.